The van der Waals surface area contributed by atoms with Crippen molar-refractivity contribution in [1.29, 1.82) is 0 Å². The van der Waals surface area contributed by atoms with Crippen LogP contribution in [0.15, 0.2) is 78.9 Å². The molecule has 1 aliphatic rings. The summed E-state index contributed by atoms with van der Waals surface area (Å²) in [6, 6.07) is 10.5. The molecule has 0 aromatic heterocycles. The van der Waals surface area contributed by atoms with Crippen LogP contribution in [0.3, 0.4) is 0 Å². The molecule has 0 spiro atoms. The molecule has 328 valence electrons. The number of nitrogens with one attached hydrogen (secondary N) is 4. The summed E-state index contributed by atoms with van der Waals surface area (Å²) in [6.07, 6.45) is 10.4. The van der Waals surface area contributed by atoms with Gasteiger partial charge in [0, 0.05) is 26.0 Å². The summed E-state index contributed by atoms with van der Waals surface area (Å²) in [5.41, 5.74) is 1.50. The van der Waals surface area contributed by atoms with Crippen LogP contribution in [0.2, 0.25) is 0 Å². The number of hydrogen-bond acceptors (Lipinski definition) is 9. The molecule has 6 atom stereocenters. The van der Waals surface area contributed by atoms with Gasteiger partial charge in [-0.15, -0.1) is 0 Å². The number of allylic oxidation sites excluding steroid dienone is 1. The Labute approximate surface area is 354 Å². The highest BCUT2D eigenvalue weighted by molar-refractivity contribution is 5.95. The number of unbranched alkanes of at least 4 members (excludes halogenated alkanes) is 4. The van der Waals surface area contributed by atoms with E-state index in [2.05, 4.69) is 28.2 Å². The first-order chi connectivity index (χ1) is 28.6. The second-order valence-electron chi connectivity index (χ2n) is 16.1. The fourth-order valence-electron chi connectivity index (χ4n) is 6.72. The molecule has 14 heteroatoms. The highest BCUT2D eigenvalue weighted by Gasteiger charge is 2.36. The first-order valence-electron chi connectivity index (χ1n) is 21.1. The first kappa shape index (κ1) is 48.9. The van der Waals surface area contributed by atoms with Crippen LogP contribution in [0, 0.1) is 11.8 Å². The molecule has 0 fully saturated rings. The molecule has 0 unspecified atom stereocenters. The third-order valence-electron chi connectivity index (χ3n) is 10.4. The average Bonchev–Trinajstić information content (AvgIpc) is 3.21. The van der Waals surface area contributed by atoms with Crippen LogP contribution in [-0.4, -0.2) is 101 Å². The lowest BCUT2D eigenvalue weighted by molar-refractivity contribution is -0.156. The normalized spacial score (nSPS) is 19.7. The number of rotatable bonds is 20. The average molecular weight is 832 g/mol. The maximum atomic E-state index is 13.8. The van der Waals surface area contributed by atoms with E-state index in [1.165, 1.54) is 36.6 Å². The van der Waals surface area contributed by atoms with E-state index in [-0.39, 0.29) is 36.8 Å². The van der Waals surface area contributed by atoms with Crippen molar-refractivity contribution in [2.45, 2.75) is 129 Å². The second kappa shape index (κ2) is 25.2. The van der Waals surface area contributed by atoms with Crippen molar-refractivity contribution < 1.29 is 43.7 Å². The Morgan fingerprint density at radius 2 is 1.62 bits per heavy atom. The van der Waals surface area contributed by atoms with Crippen LogP contribution in [0.1, 0.15) is 90.7 Å². The minimum Gasteiger partial charge on any atom is -0.508 e. The zero-order chi connectivity index (χ0) is 44.2. The Morgan fingerprint density at radius 3 is 2.27 bits per heavy atom. The number of aliphatic hydroxyl groups is 1. The van der Waals surface area contributed by atoms with Gasteiger partial charge in [-0.1, -0.05) is 115 Å². The third-order valence-corrected chi connectivity index (χ3v) is 10.4. The number of amides is 5. The highest BCUT2D eigenvalue weighted by Crippen LogP contribution is 2.18. The number of aromatic hydroxyl groups is 1. The molecule has 1 heterocycles. The summed E-state index contributed by atoms with van der Waals surface area (Å²) in [7, 11) is 1.45. The van der Waals surface area contributed by atoms with Crippen molar-refractivity contribution in [2.24, 2.45) is 11.8 Å². The molecule has 14 nitrogen and oxygen atoms in total. The summed E-state index contributed by atoms with van der Waals surface area (Å²) in [5.74, 6) is -4.12. The number of carbonyl (C=O) groups is 6. The monoisotopic (exact) mass is 831 g/mol. The Morgan fingerprint density at radius 1 is 0.917 bits per heavy atom. The van der Waals surface area contributed by atoms with E-state index in [1.807, 2.05) is 42.5 Å². The van der Waals surface area contributed by atoms with E-state index in [0.29, 0.717) is 5.56 Å². The van der Waals surface area contributed by atoms with Crippen LogP contribution in [0.25, 0.3) is 0 Å². The number of phenolic OH excluding ortho intramolecular Hbond substituents is 1. The lowest BCUT2D eigenvalue weighted by atomic mass is 9.97. The minimum atomic E-state index is -1.29. The molecular formula is C46H65N5O9. The predicted octanol–water partition coefficient (Wildman–Crippen LogP) is 4.04. The van der Waals surface area contributed by atoms with E-state index in [9.17, 15) is 39.0 Å². The number of likely N-dealkylation sites (N-methyl/N-ethyl adjacent to an activating group) is 1. The molecule has 1 aliphatic heterocycles. The summed E-state index contributed by atoms with van der Waals surface area (Å²) in [6.45, 7) is 8.73. The van der Waals surface area contributed by atoms with Crippen LogP contribution in [0.4, 0.5) is 0 Å². The van der Waals surface area contributed by atoms with Crippen LogP contribution >= 0.6 is 0 Å². The van der Waals surface area contributed by atoms with Gasteiger partial charge in [-0.2, -0.15) is 0 Å². The van der Waals surface area contributed by atoms with Crippen molar-refractivity contribution in [3.05, 3.63) is 90.0 Å². The largest absolute Gasteiger partial charge is 0.508 e. The van der Waals surface area contributed by atoms with Gasteiger partial charge >= 0.3 is 5.97 Å². The van der Waals surface area contributed by atoms with Gasteiger partial charge < -0.3 is 41.1 Å². The van der Waals surface area contributed by atoms with Gasteiger partial charge in [0.15, 0.2) is 0 Å². The van der Waals surface area contributed by atoms with Crippen molar-refractivity contribution >= 4 is 35.5 Å². The van der Waals surface area contributed by atoms with Gasteiger partial charge in [0.05, 0.1) is 24.6 Å². The maximum absolute atomic E-state index is 13.8. The van der Waals surface area contributed by atoms with Crippen molar-refractivity contribution in [1.82, 2.24) is 26.2 Å². The van der Waals surface area contributed by atoms with E-state index in [1.54, 1.807) is 39.8 Å². The Balaban J connectivity index is 1.74. The van der Waals surface area contributed by atoms with Crippen molar-refractivity contribution in [2.75, 3.05) is 13.7 Å². The highest BCUT2D eigenvalue weighted by atomic mass is 16.5. The smallest absolute Gasteiger partial charge is 0.329 e. The van der Waals surface area contributed by atoms with E-state index < -0.39 is 84.9 Å². The first-order valence-corrected chi connectivity index (χ1v) is 21.1. The number of aliphatic hydroxyl groups excluding tert-OH is 1. The number of phenols is 1. The SMILES string of the molecule is CCCCCC/C=C\CC(=O)N[C@@H](Cc1ccccc1)[C@@H](O)CC(=O)N[C@H](C(=O)N[C@@H]1/C=C/C(=O)N[C@@H](C(C)C)C(=O)N(C)[C@@H](Cc2ccc(O)cc2)C(=O)OC1)C(C)C. The number of esters is 1. The Bertz CT molecular complexity index is 1760. The second-order valence-corrected chi connectivity index (χ2v) is 16.1. The number of hydrogen-bond donors (Lipinski definition) is 6. The molecule has 2 aromatic carbocycles. The van der Waals surface area contributed by atoms with Gasteiger partial charge in [0.1, 0.15) is 30.5 Å². The lowest BCUT2D eigenvalue weighted by Crippen LogP contribution is -2.56. The van der Waals surface area contributed by atoms with Gasteiger partial charge in [-0.3, -0.25) is 24.0 Å². The summed E-state index contributed by atoms with van der Waals surface area (Å²) < 4.78 is 5.68. The zero-order valence-electron chi connectivity index (χ0n) is 35.9. The number of ether oxygens (including phenoxy) is 1. The van der Waals surface area contributed by atoms with Crippen LogP contribution in [-0.2, 0) is 46.3 Å². The predicted molar refractivity (Wildman–Crippen MR) is 229 cm³/mol. The summed E-state index contributed by atoms with van der Waals surface area (Å²) in [5, 5.41) is 32.2. The minimum absolute atomic E-state index is 0.0347. The third kappa shape index (κ3) is 16.6. The molecule has 60 heavy (non-hydrogen) atoms. The van der Waals surface area contributed by atoms with Crippen molar-refractivity contribution in [3.63, 3.8) is 0 Å². The molecule has 0 saturated heterocycles. The quantitative estimate of drug-likeness (QED) is 0.0647. The molecule has 0 bridgehead atoms. The van der Waals surface area contributed by atoms with Gasteiger partial charge in [0.25, 0.3) is 0 Å². The van der Waals surface area contributed by atoms with Gasteiger partial charge in [0.2, 0.25) is 29.5 Å². The molecule has 3 rings (SSSR count). The van der Waals surface area contributed by atoms with E-state index >= 15 is 0 Å². The zero-order valence-corrected chi connectivity index (χ0v) is 35.9. The van der Waals surface area contributed by atoms with Crippen molar-refractivity contribution in [3.8, 4) is 5.75 Å². The van der Waals surface area contributed by atoms with Gasteiger partial charge in [-0.05, 0) is 54.4 Å². The number of cyclic esters (lactones) is 1. The molecule has 0 radical (unpaired) electrons. The fourth-order valence-corrected chi connectivity index (χ4v) is 6.72. The molecule has 0 aliphatic carbocycles. The summed E-state index contributed by atoms with van der Waals surface area (Å²) >= 11 is 0. The van der Waals surface area contributed by atoms with Gasteiger partial charge in [-0.25, -0.2) is 4.79 Å². The topological polar surface area (TPSA) is 203 Å². The molecule has 0 saturated carbocycles. The van der Waals surface area contributed by atoms with Crippen LogP contribution < -0.4 is 21.3 Å². The lowest BCUT2D eigenvalue weighted by Gasteiger charge is -2.32. The van der Waals surface area contributed by atoms with E-state index in [4.69, 9.17) is 4.74 Å². The van der Waals surface area contributed by atoms with E-state index in [0.717, 1.165) is 37.3 Å². The molecule has 5 amide bonds. The number of carbonyl (C=O) groups excluding carboxylic acids is 6. The number of nitrogens with zero attached hydrogens (tertiary/aromatic N) is 1. The Kier molecular flexibility index (Phi) is 20.5. The molecule has 2 aromatic rings. The fraction of sp³-hybridized carbons (Fsp3) is 0.522. The Hall–Kier alpha value is -5.50. The standard InChI is InChI=1S/C46H65N5O9/c1-7-8-9-10-11-12-16-19-39(54)48-36(26-32-17-14-13-15-18-32)38(53)28-41(56)50-42(30(2)3)44(57)47-34-22-25-40(55)49-43(31(4)5)45(58)51(6)37(46(59)60-29-34)27-33-20-23-35(52)24-21-33/h12-18,20-25,30-31,34,36-38,42-43,52-53H,7-11,19,26-29H2,1-6H3,(H,47,57)(H,48,54)(H,49,55)(H,50,56)/b16-12-,25-22+/t34-,36+,37+,38+,42+,43+/m1/s1. The number of benzene rings is 2. The van der Waals surface area contributed by atoms with Crippen LogP contribution in [0.5, 0.6) is 5.75 Å². The summed E-state index contributed by atoms with van der Waals surface area (Å²) in [4.78, 5) is 81.8. The molecular weight excluding hydrogens is 767 g/mol. The molecule has 6 N–H and O–H groups in total. The maximum Gasteiger partial charge on any atom is 0.329 e.